The second kappa shape index (κ2) is 11.1. The lowest BCUT2D eigenvalue weighted by Crippen LogP contribution is -2.30. The Morgan fingerprint density at radius 3 is 2.16 bits per heavy atom. The summed E-state index contributed by atoms with van der Waals surface area (Å²) in [5, 5.41) is 7.77. The fraction of sp³-hybridized carbons (Fsp3) is 0.280. The highest BCUT2D eigenvalue weighted by molar-refractivity contribution is 7.80. The summed E-state index contributed by atoms with van der Waals surface area (Å²) in [7, 11) is 1.41. The SMILES string of the molecule is CCc1c(C)sc(NC(=S)NCCC(c2ccccc2)c2ccccc2)c1C(=O)OC. The molecule has 0 amide bonds. The first kappa shape index (κ1) is 23.0. The number of hydrogen-bond acceptors (Lipinski definition) is 4. The third kappa shape index (κ3) is 5.71. The summed E-state index contributed by atoms with van der Waals surface area (Å²) in [5.74, 6) is -0.0567. The van der Waals surface area contributed by atoms with Crippen LogP contribution in [0.1, 0.15) is 51.2 Å². The van der Waals surface area contributed by atoms with E-state index in [1.54, 1.807) is 0 Å². The molecule has 0 unspecified atom stereocenters. The summed E-state index contributed by atoms with van der Waals surface area (Å²) in [6.07, 6.45) is 1.66. The van der Waals surface area contributed by atoms with Gasteiger partial charge >= 0.3 is 5.97 Å². The third-order valence-electron chi connectivity index (χ3n) is 5.30. The number of nitrogens with one attached hydrogen (secondary N) is 2. The topological polar surface area (TPSA) is 50.4 Å². The largest absolute Gasteiger partial charge is 0.465 e. The van der Waals surface area contributed by atoms with Gasteiger partial charge in [0.1, 0.15) is 5.00 Å². The van der Waals surface area contributed by atoms with Crippen molar-refractivity contribution in [3.05, 3.63) is 87.8 Å². The van der Waals surface area contributed by atoms with Gasteiger partial charge in [0.25, 0.3) is 0 Å². The van der Waals surface area contributed by atoms with Gasteiger partial charge in [0.15, 0.2) is 5.11 Å². The van der Waals surface area contributed by atoms with E-state index in [-0.39, 0.29) is 11.9 Å². The predicted molar refractivity (Wildman–Crippen MR) is 133 cm³/mol. The van der Waals surface area contributed by atoms with Gasteiger partial charge in [-0.05, 0) is 48.7 Å². The van der Waals surface area contributed by atoms with Crippen molar-refractivity contribution in [2.45, 2.75) is 32.6 Å². The van der Waals surface area contributed by atoms with Crippen molar-refractivity contribution in [1.82, 2.24) is 5.32 Å². The van der Waals surface area contributed by atoms with Crippen LogP contribution in [0, 0.1) is 6.92 Å². The van der Waals surface area contributed by atoms with Crippen LogP contribution in [0.15, 0.2) is 60.7 Å². The maximum atomic E-state index is 12.3. The van der Waals surface area contributed by atoms with Crippen LogP contribution in [0.3, 0.4) is 0 Å². The van der Waals surface area contributed by atoms with Crippen molar-refractivity contribution < 1.29 is 9.53 Å². The standard InChI is InChI=1S/C25H28N2O2S2/c1-4-20-17(2)31-23(22(20)24(28)29-3)27-25(30)26-16-15-21(18-11-7-5-8-12-18)19-13-9-6-10-14-19/h5-14,21H,4,15-16H2,1-3H3,(H2,26,27,30). The number of thiocarbonyl (C=S) groups is 1. The van der Waals surface area contributed by atoms with Crippen LogP contribution in [0.25, 0.3) is 0 Å². The van der Waals surface area contributed by atoms with E-state index < -0.39 is 0 Å². The molecule has 162 valence electrons. The number of benzene rings is 2. The van der Waals surface area contributed by atoms with E-state index in [1.807, 2.05) is 26.0 Å². The lowest BCUT2D eigenvalue weighted by molar-refractivity contribution is 0.0601. The minimum atomic E-state index is -0.334. The lowest BCUT2D eigenvalue weighted by atomic mass is 9.88. The zero-order valence-corrected chi connectivity index (χ0v) is 19.7. The van der Waals surface area contributed by atoms with Gasteiger partial charge in [0, 0.05) is 17.3 Å². The predicted octanol–water partition coefficient (Wildman–Crippen LogP) is 5.91. The van der Waals surface area contributed by atoms with Crippen LogP contribution < -0.4 is 10.6 Å². The van der Waals surface area contributed by atoms with Crippen molar-refractivity contribution in [2.75, 3.05) is 19.0 Å². The van der Waals surface area contributed by atoms with Crippen LogP contribution in [-0.2, 0) is 11.2 Å². The zero-order valence-electron chi connectivity index (χ0n) is 18.1. The normalized spacial score (nSPS) is 10.7. The second-order valence-electron chi connectivity index (χ2n) is 7.23. The van der Waals surface area contributed by atoms with Gasteiger partial charge < -0.3 is 15.4 Å². The molecule has 2 aromatic carbocycles. The van der Waals surface area contributed by atoms with E-state index in [0.29, 0.717) is 17.2 Å². The highest BCUT2D eigenvalue weighted by atomic mass is 32.1. The van der Waals surface area contributed by atoms with Crippen molar-refractivity contribution in [1.29, 1.82) is 0 Å². The molecule has 1 heterocycles. The lowest BCUT2D eigenvalue weighted by Gasteiger charge is -2.19. The summed E-state index contributed by atoms with van der Waals surface area (Å²) >= 11 is 7.06. The number of ether oxygens (including phenoxy) is 1. The van der Waals surface area contributed by atoms with Crippen LogP contribution in [0.5, 0.6) is 0 Å². The fourth-order valence-electron chi connectivity index (χ4n) is 3.78. The average molecular weight is 453 g/mol. The molecule has 0 saturated carbocycles. The molecule has 0 spiro atoms. The number of carbonyl (C=O) groups is 1. The number of thiophene rings is 1. The maximum absolute atomic E-state index is 12.3. The monoisotopic (exact) mass is 452 g/mol. The average Bonchev–Trinajstić information content (AvgIpc) is 3.11. The molecule has 3 aromatic rings. The number of methoxy groups -OCH3 is 1. The molecule has 0 aliphatic carbocycles. The summed E-state index contributed by atoms with van der Waals surface area (Å²) in [4.78, 5) is 13.4. The first-order valence-corrected chi connectivity index (χ1v) is 11.6. The van der Waals surface area contributed by atoms with Crippen LogP contribution in [-0.4, -0.2) is 24.7 Å². The molecule has 1 aromatic heterocycles. The first-order valence-electron chi connectivity index (χ1n) is 10.4. The minimum Gasteiger partial charge on any atom is -0.465 e. The van der Waals surface area contributed by atoms with Gasteiger partial charge in [0.2, 0.25) is 0 Å². The Morgan fingerprint density at radius 1 is 1.06 bits per heavy atom. The molecule has 0 saturated heterocycles. The molecule has 0 aliphatic rings. The Hall–Kier alpha value is -2.70. The van der Waals surface area contributed by atoms with Gasteiger partial charge in [-0.2, -0.15) is 0 Å². The molecule has 31 heavy (non-hydrogen) atoms. The molecule has 0 fully saturated rings. The van der Waals surface area contributed by atoms with Crippen molar-refractivity contribution in [3.8, 4) is 0 Å². The molecule has 6 heteroatoms. The van der Waals surface area contributed by atoms with Gasteiger partial charge in [0.05, 0.1) is 12.7 Å². The zero-order chi connectivity index (χ0) is 22.2. The van der Waals surface area contributed by atoms with E-state index >= 15 is 0 Å². The number of esters is 1. The third-order valence-corrected chi connectivity index (χ3v) is 6.61. The van der Waals surface area contributed by atoms with E-state index in [4.69, 9.17) is 17.0 Å². The molecule has 4 nitrogen and oxygen atoms in total. The Labute approximate surface area is 193 Å². The first-order chi connectivity index (χ1) is 15.0. The quantitative estimate of drug-likeness (QED) is 0.328. The maximum Gasteiger partial charge on any atom is 0.341 e. The minimum absolute atomic E-state index is 0.277. The number of hydrogen-bond donors (Lipinski definition) is 2. The second-order valence-corrected chi connectivity index (χ2v) is 8.86. The molecule has 0 aliphatic heterocycles. The Bertz CT molecular complexity index is 977. The van der Waals surface area contributed by atoms with Gasteiger partial charge in [-0.1, -0.05) is 67.6 Å². The van der Waals surface area contributed by atoms with Gasteiger partial charge in [-0.3, -0.25) is 0 Å². The Morgan fingerprint density at radius 2 is 1.65 bits per heavy atom. The van der Waals surface area contributed by atoms with E-state index in [9.17, 15) is 4.79 Å². The summed E-state index contributed by atoms with van der Waals surface area (Å²) < 4.78 is 4.99. The highest BCUT2D eigenvalue weighted by Crippen LogP contribution is 2.34. The Balaban J connectivity index is 1.67. The van der Waals surface area contributed by atoms with Gasteiger partial charge in [-0.25, -0.2) is 4.79 Å². The molecule has 0 radical (unpaired) electrons. The molecule has 0 bridgehead atoms. The highest BCUT2D eigenvalue weighted by Gasteiger charge is 2.22. The van der Waals surface area contributed by atoms with Crippen LogP contribution in [0.2, 0.25) is 0 Å². The van der Waals surface area contributed by atoms with E-state index in [2.05, 4.69) is 59.2 Å². The van der Waals surface area contributed by atoms with Crippen LogP contribution in [0.4, 0.5) is 5.00 Å². The van der Waals surface area contributed by atoms with Gasteiger partial charge in [-0.15, -0.1) is 11.3 Å². The van der Waals surface area contributed by atoms with E-state index in [1.165, 1.54) is 29.6 Å². The molecule has 3 rings (SSSR count). The molecular formula is C25H28N2O2S2. The fourth-order valence-corrected chi connectivity index (χ4v) is 5.19. The Kier molecular flexibility index (Phi) is 8.20. The summed E-state index contributed by atoms with van der Waals surface area (Å²) in [6.45, 7) is 4.76. The number of rotatable bonds is 8. The number of aryl methyl sites for hydroxylation is 1. The smallest absolute Gasteiger partial charge is 0.341 e. The summed E-state index contributed by atoms with van der Waals surface area (Å²) in [5.41, 5.74) is 4.16. The van der Waals surface area contributed by atoms with Crippen molar-refractivity contribution in [3.63, 3.8) is 0 Å². The van der Waals surface area contributed by atoms with Crippen molar-refractivity contribution in [2.24, 2.45) is 0 Å². The molecule has 2 N–H and O–H groups in total. The van der Waals surface area contributed by atoms with Crippen molar-refractivity contribution >= 4 is 39.6 Å². The number of carbonyl (C=O) groups excluding carboxylic acids is 1. The molecule has 0 atom stereocenters. The van der Waals surface area contributed by atoms with E-state index in [0.717, 1.165) is 28.3 Å². The van der Waals surface area contributed by atoms with Crippen LogP contribution >= 0.6 is 23.6 Å². The molecular weight excluding hydrogens is 424 g/mol. The number of anilines is 1. The summed E-state index contributed by atoms with van der Waals surface area (Å²) in [6, 6.07) is 21.0.